The molecular weight excluding hydrogens is 328 g/mol. The number of rotatable bonds is 7. The fourth-order valence-corrected chi connectivity index (χ4v) is 3.35. The first-order valence-corrected chi connectivity index (χ1v) is 8.84. The summed E-state index contributed by atoms with van der Waals surface area (Å²) in [7, 11) is 1.64. The van der Waals surface area contributed by atoms with Crippen molar-refractivity contribution in [2.24, 2.45) is 0 Å². The Labute approximate surface area is 154 Å². The van der Waals surface area contributed by atoms with Crippen LogP contribution in [-0.4, -0.2) is 37.0 Å². The Morgan fingerprint density at radius 1 is 1.19 bits per heavy atom. The van der Waals surface area contributed by atoms with E-state index in [4.69, 9.17) is 4.74 Å². The number of ether oxygens (including phenoxy) is 1. The number of carbonyl (C=O) groups excluding carboxylic acids is 2. The van der Waals surface area contributed by atoms with Gasteiger partial charge in [-0.1, -0.05) is 48.0 Å². The van der Waals surface area contributed by atoms with E-state index in [1.54, 1.807) is 18.1 Å². The van der Waals surface area contributed by atoms with Crippen LogP contribution in [0, 0.1) is 6.92 Å². The van der Waals surface area contributed by atoms with E-state index in [9.17, 15) is 9.59 Å². The third kappa shape index (κ3) is 3.78. The van der Waals surface area contributed by atoms with Crippen molar-refractivity contribution in [2.45, 2.75) is 25.9 Å². The first kappa shape index (κ1) is 18.1. The van der Waals surface area contributed by atoms with Gasteiger partial charge in [0.15, 0.2) is 0 Å². The number of hydrogen-bond acceptors (Lipinski definition) is 3. The molecule has 3 rings (SSSR count). The van der Waals surface area contributed by atoms with Gasteiger partial charge in [0.2, 0.25) is 5.91 Å². The van der Waals surface area contributed by atoms with Crippen molar-refractivity contribution in [3.05, 3.63) is 70.8 Å². The third-order valence-corrected chi connectivity index (χ3v) is 4.57. The zero-order chi connectivity index (χ0) is 18.5. The summed E-state index contributed by atoms with van der Waals surface area (Å²) in [6.07, 6.45) is 0.739. The molecule has 0 aromatic heterocycles. The monoisotopic (exact) mass is 352 g/mol. The molecule has 0 saturated heterocycles. The highest BCUT2D eigenvalue weighted by molar-refractivity contribution is 6.04. The van der Waals surface area contributed by atoms with Crippen LogP contribution >= 0.6 is 0 Å². The number of carbonyl (C=O) groups is 2. The van der Waals surface area contributed by atoms with E-state index in [2.05, 4.69) is 5.32 Å². The molecule has 2 amide bonds. The van der Waals surface area contributed by atoms with Crippen molar-refractivity contribution in [1.82, 2.24) is 10.2 Å². The molecule has 0 fully saturated rings. The number of aryl methyl sites for hydroxylation is 1. The lowest BCUT2D eigenvalue weighted by Gasteiger charge is -2.25. The predicted molar refractivity (Wildman–Crippen MR) is 99.7 cm³/mol. The number of methoxy groups -OCH3 is 1. The molecule has 1 unspecified atom stereocenters. The van der Waals surface area contributed by atoms with Crippen LogP contribution in [0.2, 0.25) is 0 Å². The molecule has 136 valence electrons. The molecule has 1 heterocycles. The Kier molecular flexibility index (Phi) is 5.68. The summed E-state index contributed by atoms with van der Waals surface area (Å²) in [5.41, 5.74) is 3.53. The summed E-state index contributed by atoms with van der Waals surface area (Å²) in [6, 6.07) is 14.8. The molecule has 0 radical (unpaired) electrons. The van der Waals surface area contributed by atoms with Crippen molar-refractivity contribution in [1.29, 1.82) is 0 Å². The topological polar surface area (TPSA) is 58.6 Å². The zero-order valence-corrected chi connectivity index (χ0v) is 15.2. The van der Waals surface area contributed by atoms with Crippen LogP contribution in [0.1, 0.15) is 39.5 Å². The van der Waals surface area contributed by atoms with Crippen LogP contribution < -0.4 is 5.32 Å². The lowest BCUT2D eigenvalue weighted by Crippen LogP contribution is -2.39. The van der Waals surface area contributed by atoms with Gasteiger partial charge in [0.05, 0.1) is 0 Å². The first-order chi connectivity index (χ1) is 12.6. The van der Waals surface area contributed by atoms with E-state index >= 15 is 0 Å². The molecule has 0 aliphatic carbocycles. The van der Waals surface area contributed by atoms with E-state index in [1.165, 1.54) is 0 Å². The van der Waals surface area contributed by atoms with Crippen molar-refractivity contribution in [3.63, 3.8) is 0 Å². The molecule has 5 nitrogen and oxygen atoms in total. The minimum absolute atomic E-state index is 0.0980. The number of nitrogens with one attached hydrogen (secondary N) is 1. The van der Waals surface area contributed by atoms with Gasteiger partial charge in [-0.25, -0.2) is 0 Å². The highest BCUT2D eigenvalue weighted by Crippen LogP contribution is 2.35. The Morgan fingerprint density at radius 3 is 2.77 bits per heavy atom. The van der Waals surface area contributed by atoms with Gasteiger partial charge >= 0.3 is 0 Å². The maximum Gasteiger partial charge on any atom is 0.255 e. The van der Waals surface area contributed by atoms with Crippen LogP contribution in [-0.2, 0) is 16.1 Å². The van der Waals surface area contributed by atoms with E-state index in [0.29, 0.717) is 25.3 Å². The zero-order valence-electron chi connectivity index (χ0n) is 15.2. The minimum Gasteiger partial charge on any atom is -0.385 e. The Bertz CT molecular complexity index is 803. The van der Waals surface area contributed by atoms with Crippen LogP contribution in [0.3, 0.4) is 0 Å². The molecule has 0 bridgehead atoms. The summed E-state index contributed by atoms with van der Waals surface area (Å²) >= 11 is 0. The summed E-state index contributed by atoms with van der Waals surface area (Å²) in [5.74, 6) is -0.244. The van der Waals surface area contributed by atoms with Gasteiger partial charge in [-0.3, -0.25) is 9.59 Å². The standard InChI is InChI=1S/C21H24N2O3/c1-15-7-5-8-16(13-15)14-23-19(20(24)22-11-6-12-26-2)17-9-3-4-10-18(17)21(23)25/h3-5,7-10,13,19H,6,11-12,14H2,1-2H3,(H,22,24). The van der Waals surface area contributed by atoms with E-state index in [1.807, 2.05) is 49.4 Å². The number of fused-ring (bicyclic) bond motifs is 1. The van der Waals surface area contributed by atoms with E-state index in [0.717, 1.165) is 23.1 Å². The maximum atomic E-state index is 12.9. The average Bonchev–Trinajstić information content (AvgIpc) is 2.91. The fraction of sp³-hybridized carbons (Fsp3) is 0.333. The maximum absolute atomic E-state index is 12.9. The Morgan fingerprint density at radius 2 is 2.00 bits per heavy atom. The summed E-state index contributed by atoms with van der Waals surface area (Å²) in [5, 5.41) is 2.94. The lowest BCUT2D eigenvalue weighted by atomic mass is 10.0. The second-order valence-corrected chi connectivity index (χ2v) is 6.55. The average molecular weight is 352 g/mol. The van der Waals surface area contributed by atoms with Gasteiger partial charge in [0, 0.05) is 32.4 Å². The van der Waals surface area contributed by atoms with Crippen molar-refractivity contribution >= 4 is 11.8 Å². The summed E-state index contributed by atoms with van der Waals surface area (Å²) < 4.78 is 5.02. The lowest BCUT2D eigenvalue weighted by molar-refractivity contribution is -0.125. The number of hydrogen-bond donors (Lipinski definition) is 1. The predicted octanol–water partition coefficient (Wildman–Crippen LogP) is 2.84. The molecule has 1 aliphatic heterocycles. The van der Waals surface area contributed by atoms with Crippen molar-refractivity contribution in [3.8, 4) is 0 Å². The van der Waals surface area contributed by atoms with Crippen LogP contribution in [0.5, 0.6) is 0 Å². The van der Waals surface area contributed by atoms with Crippen LogP contribution in [0.4, 0.5) is 0 Å². The number of amides is 2. The van der Waals surface area contributed by atoms with Crippen molar-refractivity contribution < 1.29 is 14.3 Å². The smallest absolute Gasteiger partial charge is 0.255 e. The molecule has 5 heteroatoms. The molecule has 1 atom stereocenters. The molecule has 26 heavy (non-hydrogen) atoms. The van der Waals surface area contributed by atoms with Crippen molar-refractivity contribution in [2.75, 3.05) is 20.3 Å². The fourth-order valence-electron chi connectivity index (χ4n) is 3.35. The summed E-state index contributed by atoms with van der Waals surface area (Å²) in [6.45, 7) is 3.54. The van der Waals surface area contributed by atoms with E-state index in [-0.39, 0.29) is 11.8 Å². The molecule has 0 saturated carbocycles. The summed E-state index contributed by atoms with van der Waals surface area (Å²) in [4.78, 5) is 27.4. The molecule has 0 spiro atoms. The second kappa shape index (κ2) is 8.15. The largest absolute Gasteiger partial charge is 0.385 e. The molecule has 1 aliphatic rings. The number of nitrogens with zero attached hydrogens (tertiary/aromatic N) is 1. The normalized spacial score (nSPS) is 15.8. The number of benzene rings is 2. The third-order valence-electron chi connectivity index (χ3n) is 4.57. The van der Waals surface area contributed by atoms with Gasteiger partial charge in [0.25, 0.3) is 5.91 Å². The first-order valence-electron chi connectivity index (χ1n) is 8.84. The highest BCUT2D eigenvalue weighted by Gasteiger charge is 2.40. The minimum atomic E-state index is -0.596. The molecule has 2 aromatic rings. The van der Waals surface area contributed by atoms with Gasteiger partial charge in [-0.2, -0.15) is 0 Å². The van der Waals surface area contributed by atoms with E-state index < -0.39 is 6.04 Å². The van der Waals surface area contributed by atoms with Gasteiger partial charge < -0.3 is 15.0 Å². The molecule has 1 N–H and O–H groups in total. The Hall–Kier alpha value is -2.66. The van der Waals surface area contributed by atoms with Gasteiger partial charge in [-0.15, -0.1) is 0 Å². The quantitative estimate of drug-likeness (QED) is 0.780. The molecule has 2 aromatic carbocycles. The second-order valence-electron chi connectivity index (χ2n) is 6.55. The Balaban J connectivity index is 1.84. The highest BCUT2D eigenvalue weighted by atomic mass is 16.5. The van der Waals surface area contributed by atoms with Gasteiger partial charge in [0.1, 0.15) is 6.04 Å². The van der Waals surface area contributed by atoms with Crippen LogP contribution in [0.15, 0.2) is 48.5 Å². The molecular formula is C21H24N2O3. The van der Waals surface area contributed by atoms with Crippen LogP contribution in [0.25, 0.3) is 0 Å². The SMILES string of the molecule is COCCCNC(=O)C1c2ccccc2C(=O)N1Cc1cccc(C)c1. The van der Waals surface area contributed by atoms with Gasteiger partial charge in [-0.05, 0) is 30.5 Å².